The summed E-state index contributed by atoms with van der Waals surface area (Å²) in [5.41, 5.74) is 0.730. The number of methoxy groups -OCH3 is 3. The number of carbonyl (C=O) groups excluding carboxylic acids is 1. The van der Waals surface area contributed by atoms with Crippen LogP contribution in [0, 0.1) is 5.92 Å². The Bertz CT molecular complexity index is 615. The zero-order valence-corrected chi connectivity index (χ0v) is 15.1. The summed E-state index contributed by atoms with van der Waals surface area (Å²) >= 11 is 0. The third-order valence-electron chi connectivity index (χ3n) is 4.28. The second-order valence-corrected chi connectivity index (χ2v) is 6.23. The SMILES string of the molecule is COc1cc(CC(=O)N(CC(C)C(=O)O)C2CC2)cc(OC)c1OC. The van der Waals surface area contributed by atoms with Crippen molar-refractivity contribution in [1.82, 2.24) is 4.90 Å². The summed E-state index contributed by atoms with van der Waals surface area (Å²) in [7, 11) is 4.56. The van der Waals surface area contributed by atoms with E-state index in [4.69, 9.17) is 19.3 Å². The van der Waals surface area contributed by atoms with Gasteiger partial charge in [0.05, 0.1) is 33.7 Å². The van der Waals surface area contributed by atoms with Crippen LogP contribution in [-0.2, 0) is 16.0 Å². The quantitative estimate of drug-likeness (QED) is 0.732. The lowest BCUT2D eigenvalue weighted by Crippen LogP contribution is -2.39. The van der Waals surface area contributed by atoms with Crippen LogP contribution in [0.4, 0.5) is 0 Å². The van der Waals surface area contributed by atoms with Gasteiger partial charge in [0.25, 0.3) is 0 Å². The van der Waals surface area contributed by atoms with Crippen LogP contribution in [-0.4, -0.2) is 55.8 Å². The van der Waals surface area contributed by atoms with Crippen molar-refractivity contribution in [3.63, 3.8) is 0 Å². The van der Waals surface area contributed by atoms with E-state index >= 15 is 0 Å². The number of carboxylic acid groups (broad SMARTS) is 1. The molecule has 1 N–H and O–H groups in total. The number of carboxylic acids is 1. The van der Waals surface area contributed by atoms with E-state index in [1.807, 2.05) is 0 Å². The number of aliphatic carboxylic acids is 1. The molecule has 7 heteroatoms. The smallest absolute Gasteiger partial charge is 0.308 e. The molecule has 1 aromatic carbocycles. The van der Waals surface area contributed by atoms with E-state index in [1.165, 1.54) is 21.3 Å². The lowest BCUT2D eigenvalue weighted by Gasteiger charge is -2.24. The van der Waals surface area contributed by atoms with Crippen LogP contribution in [0.25, 0.3) is 0 Å². The third kappa shape index (κ3) is 4.55. The Labute approximate surface area is 147 Å². The molecule has 1 fully saturated rings. The molecule has 0 saturated heterocycles. The third-order valence-corrected chi connectivity index (χ3v) is 4.28. The van der Waals surface area contributed by atoms with Crippen molar-refractivity contribution in [3.05, 3.63) is 17.7 Å². The Balaban J connectivity index is 2.19. The normalized spacial score (nSPS) is 14.6. The Hall–Kier alpha value is -2.44. The first-order chi connectivity index (χ1) is 11.9. The Morgan fingerprint density at radius 3 is 2.12 bits per heavy atom. The fourth-order valence-electron chi connectivity index (χ4n) is 2.73. The summed E-state index contributed by atoms with van der Waals surface area (Å²) < 4.78 is 15.9. The van der Waals surface area contributed by atoms with E-state index in [2.05, 4.69) is 0 Å². The first kappa shape index (κ1) is 18.9. The molecule has 0 aliphatic heterocycles. The van der Waals surface area contributed by atoms with Gasteiger partial charge >= 0.3 is 5.97 Å². The van der Waals surface area contributed by atoms with E-state index in [1.54, 1.807) is 24.0 Å². The molecule has 2 rings (SSSR count). The van der Waals surface area contributed by atoms with E-state index in [9.17, 15) is 9.59 Å². The van der Waals surface area contributed by atoms with Crippen LogP contribution in [0.3, 0.4) is 0 Å². The van der Waals surface area contributed by atoms with Gasteiger partial charge in [-0.3, -0.25) is 9.59 Å². The van der Waals surface area contributed by atoms with Crippen molar-refractivity contribution in [2.45, 2.75) is 32.2 Å². The molecular weight excluding hydrogens is 326 g/mol. The first-order valence-electron chi connectivity index (χ1n) is 8.22. The van der Waals surface area contributed by atoms with Gasteiger partial charge in [-0.15, -0.1) is 0 Å². The predicted octanol–water partition coefficient (Wildman–Crippen LogP) is 1.97. The van der Waals surface area contributed by atoms with Crippen molar-refractivity contribution in [2.75, 3.05) is 27.9 Å². The van der Waals surface area contributed by atoms with Crippen LogP contribution in [0.1, 0.15) is 25.3 Å². The van der Waals surface area contributed by atoms with Crippen molar-refractivity contribution in [3.8, 4) is 17.2 Å². The van der Waals surface area contributed by atoms with Crippen molar-refractivity contribution < 1.29 is 28.9 Å². The molecule has 1 unspecified atom stereocenters. The number of carbonyl (C=O) groups is 2. The lowest BCUT2D eigenvalue weighted by molar-refractivity contribution is -0.143. The Kier molecular flexibility index (Phi) is 6.12. The number of hydrogen-bond donors (Lipinski definition) is 1. The number of benzene rings is 1. The molecule has 1 aromatic rings. The van der Waals surface area contributed by atoms with Gasteiger partial charge in [-0.05, 0) is 30.5 Å². The highest BCUT2D eigenvalue weighted by atomic mass is 16.5. The standard InChI is InChI=1S/C18H25NO6/c1-11(18(21)22)10-19(13-5-6-13)16(20)9-12-7-14(23-2)17(25-4)15(8-12)24-3/h7-8,11,13H,5-6,9-10H2,1-4H3,(H,21,22). The summed E-state index contributed by atoms with van der Waals surface area (Å²) in [4.78, 5) is 25.5. The van der Waals surface area contributed by atoms with Crippen LogP contribution in [0.15, 0.2) is 12.1 Å². The van der Waals surface area contributed by atoms with E-state index < -0.39 is 11.9 Å². The van der Waals surface area contributed by atoms with Crippen LogP contribution in [0.2, 0.25) is 0 Å². The minimum atomic E-state index is -0.897. The molecule has 0 spiro atoms. The minimum Gasteiger partial charge on any atom is -0.493 e. The molecule has 0 heterocycles. The highest BCUT2D eigenvalue weighted by Crippen LogP contribution is 2.38. The number of nitrogens with zero attached hydrogens (tertiary/aromatic N) is 1. The van der Waals surface area contributed by atoms with E-state index in [-0.39, 0.29) is 24.9 Å². The number of ether oxygens (including phenoxy) is 3. The lowest BCUT2D eigenvalue weighted by atomic mass is 10.1. The predicted molar refractivity (Wildman–Crippen MR) is 91.3 cm³/mol. The molecule has 1 aliphatic carbocycles. The molecule has 1 atom stereocenters. The van der Waals surface area contributed by atoms with E-state index in [0.717, 1.165) is 18.4 Å². The molecule has 138 valence electrons. The summed E-state index contributed by atoms with van der Waals surface area (Å²) in [6.45, 7) is 1.84. The number of rotatable bonds is 9. The zero-order valence-electron chi connectivity index (χ0n) is 15.1. The van der Waals surface area contributed by atoms with Crippen LogP contribution < -0.4 is 14.2 Å². The van der Waals surface area contributed by atoms with Gasteiger partial charge in [0, 0.05) is 12.6 Å². The largest absolute Gasteiger partial charge is 0.493 e. The van der Waals surface area contributed by atoms with Crippen molar-refractivity contribution in [2.24, 2.45) is 5.92 Å². The van der Waals surface area contributed by atoms with Gasteiger partial charge in [-0.2, -0.15) is 0 Å². The zero-order chi connectivity index (χ0) is 18.6. The molecule has 0 radical (unpaired) electrons. The van der Waals surface area contributed by atoms with Gasteiger partial charge in [0.1, 0.15) is 0 Å². The average Bonchev–Trinajstić information content (AvgIpc) is 3.42. The second-order valence-electron chi connectivity index (χ2n) is 6.23. The Morgan fingerprint density at radius 2 is 1.72 bits per heavy atom. The maximum absolute atomic E-state index is 12.7. The van der Waals surface area contributed by atoms with Crippen LogP contribution >= 0.6 is 0 Å². The van der Waals surface area contributed by atoms with Crippen molar-refractivity contribution in [1.29, 1.82) is 0 Å². The summed E-state index contributed by atoms with van der Waals surface area (Å²) in [5.74, 6) is -0.136. The molecule has 0 bridgehead atoms. The molecule has 0 aromatic heterocycles. The molecule has 1 aliphatic rings. The summed E-state index contributed by atoms with van der Waals surface area (Å²) in [5, 5.41) is 9.11. The van der Waals surface area contributed by atoms with Gasteiger partial charge in [0.2, 0.25) is 11.7 Å². The summed E-state index contributed by atoms with van der Waals surface area (Å²) in [6.07, 6.45) is 2.00. The van der Waals surface area contributed by atoms with Gasteiger partial charge in [-0.25, -0.2) is 0 Å². The molecule has 25 heavy (non-hydrogen) atoms. The Morgan fingerprint density at radius 1 is 1.16 bits per heavy atom. The monoisotopic (exact) mass is 351 g/mol. The summed E-state index contributed by atoms with van der Waals surface area (Å²) in [6, 6.07) is 3.63. The van der Waals surface area contributed by atoms with Gasteiger partial charge < -0.3 is 24.2 Å². The van der Waals surface area contributed by atoms with Crippen molar-refractivity contribution >= 4 is 11.9 Å². The minimum absolute atomic E-state index is 0.0927. The second kappa shape index (κ2) is 8.09. The molecule has 1 amide bonds. The maximum atomic E-state index is 12.7. The highest BCUT2D eigenvalue weighted by molar-refractivity contribution is 5.81. The fraction of sp³-hybridized carbons (Fsp3) is 0.556. The topological polar surface area (TPSA) is 85.3 Å². The molecule has 1 saturated carbocycles. The van der Waals surface area contributed by atoms with Gasteiger partial charge in [-0.1, -0.05) is 6.92 Å². The number of hydrogen-bond acceptors (Lipinski definition) is 5. The maximum Gasteiger partial charge on any atom is 0.308 e. The van der Waals surface area contributed by atoms with Gasteiger partial charge in [0.15, 0.2) is 11.5 Å². The van der Waals surface area contributed by atoms with Crippen LogP contribution in [0.5, 0.6) is 17.2 Å². The first-order valence-corrected chi connectivity index (χ1v) is 8.22. The average molecular weight is 351 g/mol. The highest BCUT2D eigenvalue weighted by Gasteiger charge is 2.34. The molecule has 7 nitrogen and oxygen atoms in total. The van der Waals surface area contributed by atoms with E-state index in [0.29, 0.717) is 17.2 Å². The number of amides is 1. The molecular formula is C18H25NO6. The fourth-order valence-corrected chi connectivity index (χ4v) is 2.73.